The minimum absolute atomic E-state index is 0.0179. The van der Waals surface area contributed by atoms with Crippen LogP contribution in [0.15, 0.2) is 22.4 Å². The van der Waals surface area contributed by atoms with Crippen LogP contribution in [-0.2, 0) is 14.1 Å². The average molecular weight is 683 g/mol. The molecule has 0 bridgehead atoms. The molecule has 2 aliphatic heterocycles. The van der Waals surface area contributed by atoms with Gasteiger partial charge in [-0.3, -0.25) is 28.6 Å². The number of nitrogen functional groups attached to an aromatic ring is 2. The van der Waals surface area contributed by atoms with Crippen LogP contribution in [0.2, 0.25) is 0 Å². The number of H-pyrrole nitrogens is 1. The fourth-order valence-corrected chi connectivity index (χ4v) is 6.95. The van der Waals surface area contributed by atoms with Gasteiger partial charge in [-0.2, -0.15) is 16.7 Å². The van der Waals surface area contributed by atoms with E-state index in [9.17, 15) is 34.2 Å². The normalized spacial score (nSPS) is 22.5. The number of nitrogens with two attached hydrogens (primary N) is 2. The second-order valence-corrected chi connectivity index (χ2v) is 14.0. The number of nitrogens with one attached hydrogen (secondary N) is 3. The summed E-state index contributed by atoms with van der Waals surface area (Å²) >= 11 is 1.35. The molecule has 1 fully saturated rings. The molecule has 46 heavy (non-hydrogen) atoms. The maximum absolute atomic E-state index is 13.0. The number of hydrogen-bond acceptors (Lipinski definition) is 16. The molecule has 250 valence electrons. The third-order valence-electron chi connectivity index (χ3n) is 7.31. The van der Waals surface area contributed by atoms with E-state index in [4.69, 9.17) is 16.2 Å². The van der Waals surface area contributed by atoms with E-state index in [0.717, 1.165) is 0 Å². The summed E-state index contributed by atoms with van der Waals surface area (Å²) < 4.78 is 19.2. The molecule has 3 aromatic rings. The molecule has 2 aliphatic rings. The molecule has 20 nitrogen and oxygen atoms in total. The number of amides is 1. The Bertz CT molecular complexity index is 1750. The van der Waals surface area contributed by atoms with Crippen LogP contribution in [-0.4, -0.2) is 127 Å². The number of anilines is 3. The number of aliphatic hydroxyl groups is 2. The molecule has 4 atom stereocenters. The van der Waals surface area contributed by atoms with Gasteiger partial charge in [0.1, 0.15) is 36.0 Å². The van der Waals surface area contributed by atoms with Gasteiger partial charge in [0.15, 0.2) is 29.2 Å². The van der Waals surface area contributed by atoms with Crippen LogP contribution in [0, 0.1) is 0 Å². The molecule has 22 heteroatoms. The Kier molecular flexibility index (Phi) is 9.66. The second-order valence-electron chi connectivity index (χ2n) is 11.2. The van der Waals surface area contributed by atoms with Crippen molar-refractivity contribution in [3.63, 3.8) is 0 Å². The van der Waals surface area contributed by atoms with Crippen molar-refractivity contribution in [3.8, 4) is 0 Å². The minimum atomic E-state index is -4.44. The predicted octanol–water partition coefficient (Wildman–Crippen LogP) is -2.04. The largest absolute Gasteiger partial charge is 0.387 e. The molecule has 5 heterocycles. The van der Waals surface area contributed by atoms with Gasteiger partial charge in [-0.05, 0) is 13.8 Å². The Labute approximate surface area is 265 Å². The molecule has 1 saturated heterocycles. The van der Waals surface area contributed by atoms with Crippen molar-refractivity contribution in [1.82, 2.24) is 39.7 Å². The lowest BCUT2D eigenvalue weighted by Crippen LogP contribution is -2.51. The van der Waals surface area contributed by atoms with Crippen molar-refractivity contribution >= 4 is 65.4 Å². The Hall–Kier alpha value is -3.69. The quantitative estimate of drug-likeness (QED) is 0.0734. The number of carbonyl (C=O) groups is 1. The van der Waals surface area contributed by atoms with Gasteiger partial charge in [-0.25, -0.2) is 19.9 Å². The van der Waals surface area contributed by atoms with Crippen LogP contribution in [0.1, 0.15) is 20.1 Å². The van der Waals surface area contributed by atoms with E-state index in [1.54, 1.807) is 13.8 Å². The Morgan fingerprint density at radius 2 is 1.98 bits per heavy atom. The first kappa shape index (κ1) is 33.7. The van der Waals surface area contributed by atoms with Crippen LogP contribution >= 0.6 is 19.4 Å². The lowest BCUT2D eigenvalue weighted by atomic mass is 9.95. The van der Waals surface area contributed by atoms with Crippen LogP contribution in [0.3, 0.4) is 0 Å². The first-order chi connectivity index (χ1) is 21.6. The zero-order valence-electron chi connectivity index (χ0n) is 24.8. The summed E-state index contributed by atoms with van der Waals surface area (Å²) in [6, 6.07) is 0. The summed E-state index contributed by atoms with van der Waals surface area (Å²) in [5.41, 5.74) is 10.4. The van der Waals surface area contributed by atoms with Crippen molar-refractivity contribution in [2.45, 2.75) is 43.9 Å². The summed E-state index contributed by atoms with van der Waals surface area (Å²) in [5, 5.41) is 27.0. The zero-order chi connectivity index (χ0) is 33.4. The number of nitrogens with zero attached hydrogens (tertiary/aromatic N) is 7. The van der Waals surface area contributed by atoms with Gasteiger partial charge in [0.05, 0.1) is 18.0 Å². The van der Waals surface area contributed by atoms with Gasteiger partial charge in [0.2, 0.25) is 5.95 Å². The zero-order valence-corrected chi connectivity index (χ0v) is 26.5. The molecule has 0 unspecified atom stereocenters. The number of rotatable bonds is 12. The van der Waals surface area contributed by atoms with Gasteiger partial charge < -0.3 is 46.8 Å². The highest BCUT2D eigenvalue weighted by molar-refractivity contribution is 7.99. The first-order valence-electron chi connectivity index (χ1n) is 14.0. The molecule has 11 N–H and O–H groups in total. The van der Waals surface area contributed by atoms with Crippen LogP contribution in [0.5, 0.6) is 0 Å². The van der Waals surface area contributed by atoms with Crippen molar-refractivity contribution in [2.75, 3.05) is 54.2 Å². The standard InChI is InChI=1S/C24H35N12O8PS/c1-24(2)16(31-13-18(34-24)32-23(26)33-20(13)39)21(40)27-3-4-35(10-45(41,42)43)5-6-46-7-11-14(37)15(38)22(44-11)36-9-30-12-17(25)28-8-29-19(12)36/h8-9,11,14-15,22,37-38H,3-7,10H2,1-2H3,(H,27,40)(H2,25,28,29)(H2,41,42,43)(H4,26,32,33,34,39)/t11-,14+,15+,22-/m1/s1. The van der Waals surface area contributed by atoms with Crippen molar-refractivity contribution in [2.24, 2.45) is 4.99 Å². The number of carbonyl (C=O) groups excluding carboxylic acids is 1. The molecule has 0 radical (unpaired) electrons. The number of imidazole rings is 1. The fourth-order valence-electron chi connectivity index (χ4n) is 5.09. The van der Waals surface area contributed by atoms with Crippen molar-refractivity contribution in [1.29, 1.82) is 0 Å². The predicted molar refractivity (Wildman–Crippen MR) is 169 cm³/mol. The van der Waals surface area contributed by atoms with Crippen LogP contribution in [0.4, 0.5) is 23.3 Å². The Morgan fingerprint density at radius 1 is 1.22 bits per heavy atom. The maximum atomic E-state index is 13.0. The van der Waals surface area contributed by atoms with Crippen LogP contribution in [0.25, 0.3) is 11.2 Å². The van der Waals surface area contributed by atoms with Crippen molar-refractivity contribution < 1.29 is 34.1 Å². The van der Waals surface area contributed by atoms with Crippen molar-refractivity contribution in [3.05, 3.63) is 23.0 Å². The molecule has 3 aromatic heterocycles. The third kappa shape index (κ3) is 7.31. The molecule has 0 aliphatic carbocycles. The number of thioether (sulfide) groups is 1. The number of aliphatic imine (C=N–C) groups is 1. The van der Waals surface area contributed by atoms with E-state index < -0.39 is 55.4 Å². The summed E-state index contributed by atoms with van der Waals surface area (Å²) in [6.07, 6.45) is -2.10. The Morgan fingerprint density at radius 3 is 2.72 bits per heavy atom. The average Bonchev–Trinajstić information content (AvgIpc) is 3.50. The van der Waals surface area contributed by atoms with E-state index in [1.165, 1.54) is 33.9 Å². The highest BCUT2D eigenvalue weighted by Gasteiger charge is 2.44. The second kappa shape index (κ2) is 13.2. The van der Waals surface area contributed by atoms with Gasteiger partial charge in [-0.1, -0.05) is 0 Å². The summed E-state index contributed by atoms with van der Waals surface area (Å²) in [5.74, 6) is 0.281. The lowest BCUT2D eigenvalue weighted by Gasteiger charge is -2.32. The maximum Gasteiger partial charge on any atom is 0.339 e. The van der Waals surface area contributed by atoms with E-state index in [2.05, 4.69) is 40.5 Å². The summed E-state index contributed by atoms with van der Waals surface area (Å²) in [4.78, 5) is 68.8. The molecule has 5 rings (SSSR count). The van der Waals surface area contributed by atoms with Gasteiger partial charge in [0.25, 0.3) is 11.5 Å². The molecular weight excluding hydrogens is 647 g/mol. The SMILES string of the molecule is CC1(C)Nc2nc(N)[nH]c(=O)c2N=C1C(=O)NCCN(CCSC[C@H]1O[C@@H](n2cnc3c(N)ncnc32)[C@@H](O)[C@H]1O)CP(=O)(O)O. The smallest absolute Gasteiger partial charge is 0.339 e. The summed E-state index contributed by atoms with van der Waals surface area (Å²) in [7, 11) is -4.44. The molecule has 0 saturated carbocycles. The monoisotopic (exact) mass is 682 g/mol. The van der Waals surface area contributed by atoms with Crippen LogP contribution < -0.4 is 27.7 Å². The van der Waals surface area contributed by atoms with Gasteiger partial charge in [0, 0.05) is 31.1 Å². The topological polar surface area (TPSA) is 305 Å². The fraction of sp³-hybridized carbons (Fsp3) is 0.542. The highest BCUT2D eigenvalue weighted by atomic mass is 32.2. The minimum Gasteiger partial charge on any atom is -0.387 e. The number of ether oxygens (including phenoxy) is 1. The first-order valence-corrected chi connectivity index (χ1v) is 16.9. The number of aromatic amines is 1. The lowest BCUT2D eigenvalue weighted by molar-refractivity contribution is -0.115. The molecular formula is C24H35N12O8PS. The van der Waals surface area contributed by atoms with E-state index in [-0.39, 0.29) is 54.4 Å². The van der Waals surface area contributed by atoms with E-state index in [1.807, 2.05) is 0 Å². The number of fused-ring (bicyclic) bond motifs is 2. The third-order valence-corrected chi connectivity index (χ3v) is 9.11. The van der Waals surface area contributed by atoms with Gasteiger partial charge >= 0.3 is 7.60 Å². The van der Waals surface area contributed by atoms with E-state index in [0.29, 0.717) is 16.9 Å². The van der Waals surface area contributed by atoms with E-state index >= 15 is 0 Å². The molecule has 0 spiro atoms. The highest BCUT2D eigenvalue weighted by Crippen LogP contribution is 2.36. The number of aromatic nitrogens is 6. The molecule has 1 amide bonds. The summed E-state index contributed by atoms with van der Waals surface area (Å²) in [6.45, 7) is 3.70. The number of hydrogen-bond donors (Lipinski definition) is 9. The molecule has 0 aromatic carbocycles. The Balaban J connectivity index is 1.14. The number of aliphatic hydroxyl groups excluding tert-OH is 2. The van der Waals surface area contributed by atoms with Gasteiger partial charge in [-0.15, -0.1) is 0 Å².